The molecule has 32 heavy (non-hydrogen) atoms. The lowest BCUT2D eigenvalue weighted by Gasteiger charge is -2.16. The summed E-state index contributed by atoms with van der Waals surface area (Å²) in [6.45, 7) is 1.97. The van der Waals surface area contributed by atoms with Gasteiger partial charge >= 0.3 is 0 Å². The predicted molar refractivity (Wildman–Crippen MR) is 120 cm³/mol. The highest BCUT2D eigenvalue weighted by molar-refractivity contribution is 5.95. The fourth-order valence-electron chi connectivity index (χ4n) is 4.18. The summed E-state index contributed by atoms with van der Waals surface area (Å²) in [7, 11) is 0. The van der Waals surface area contributed by atoms with E-state index in [9.17, 15) is 9.59 Å². The van der Waals surface area contributed by atoms with E-state index in [1.165, 1.54) is 4.68 Å². The number of furan rings is 1. The zero-order valence-corrected chi connectivity index (χ0v) is 17.7. The molecule has 2 N–H and O–H groups in total. The van der Waals surface area contributed by atoms with Gasteiger partial charge in [0.25, 0.3) is 5.56 Å². The summed E-state index contributed by atoms with van der Waals surface area (Å²) in [5.41, 5.74) is 2.82. The molecular formula is C24H23N5O3. The fraction of sp³-hybridized carbons (Fsp3) is 0.250. The number of carbonyl (C=O) groups is 1. The van der Waals surface area contributed by atoms with E-state index in [-0.39, 0.29) is 23.3 Å². The maximum atomic E-state index is 13.2. The van der Waals surface area contributed by atoms with Crippen LogP contribution in [0.1, 0.15) is 42.5 Å². The lowest BCUT2D eigenvalue weighted by atomic mass is 9.96. The zero-order valence-electron chi connectivity index (χ0n) is 17.7. The number of H-pyrrole nitrogens is 1. The van der Waals surface area contributed by atoms with Crippen molar-refractivity contribution in [3.63, 3.8) is 0 Å². The first kappa shape index (κ1) is 20.0. The molecule has 3 aromatic heterocycles. The lowest BCUT2D eigenvalue weighted by molar-refractivity contribution is -0.117. The summed E-state index contributed by atoms with van der Waals surface area (Å²) in [5.74, 6) is 0.763. The number of aryl methyl sites for hydroxylation is 1. The average Bonchev–Trinajstić information content (AvgIpc) is 3.55. The number of aromatic nitrogens is 4. The minimum absolute atomic E-state index is 0.158. The quantitative estimate of drug-likeness (QED) is 0.484. The molecule has 162 valence electrons. The number of hydrogen-bond donors (Lipinski definition) is 2. The highest BCUT2D eigenvalue weighted by Gasteiger charge is 2.24. The SMILES string of the molecule is CCC(C(=O)Nc1cc(-c2ccco2)nn1-c1nc2c(c(=O)[nH]1)CCC2)c1ccccc1. The van der Waals surface area contributed by atoms with E-state index in [4.69, 9.17) is 4.42 Å². The normalized spacial score (nSPS) is 13.7. The number of nitrogens with zero attached hydrogens (tertiary/aromatic N) is 3. The number of amides is 1. The van der Waals surface area contributed by atoms with Crippen molar-refractivity contribution in [2.75, 3.05) is 5.32 Å². The molecule has 3 heterocycles. The van der Waals surface area contributed by atoms with Crippen LogP contribution >= 0.6 is 0 Å². The van der Waals surface area contributed by atoms with Gasteiger partial charge in [-0.05, 0) is 43.4 Å². The van der Waals surface area contributed by atoms with Gasteiger partial charge in [0.1, 0.15) is 11.5 Å². The molecule has 1 aromatic carbocycles. The van der Waals surface area contributed by atoms with Crippen molar-refractivity contribution in [1.29, 1.82) is 0 Å². The lowest BCUT2D eigenvalue weighted by Crippen LogP contribution is -2.24. The van der Waals surface area contributed by atoms with Crippen LogP contribution in [0.4, 0.5) is 5.82 Å². The second-order valence-corrected chi connectivity index (χ2v) is 7.83. The molecule has 0 spiro atoms. The highest BCUT2D eigenvalue weighted by atomic mass is 16.3. The maximum absolute atomic E-state index is 13.2. The van der Waals surface area contributed by atoms with E-state index in [0.29, 0.717) is 23.7 Å². The van der Waals surface area contributed by atoms with Crippen LogP contribution in [0.25, 0.3) is 17.4 Å². The Morgan fingerprint density at radius 2 is 2.06 bits per heavy atom. The molecule has 0 radical (unpaired) electrons. The first-order valence-electron chi connectivity index (χ1n) is 10.8. The largest absolute Gasteiger partial charge is 0.463 e. The number of benzene rings is 1. The van der Waals surface area contributed by atoms with Crippen LogP contribution in [0.5, 0.6) is 0 Å². The maximum Gasteiger partial charge on any atom is 0.255 e. The summed E-state index contributed by atoms with van der Waals surface area (Å²) in [4.78, 5) is 33.2. The number of carbonyl (C=O) groups excluding carboxylic acids is 1. The molecule has 1 aliphatic carbocycles. The van der Waals surface area contributed by atoms with Gasteiger partial charge in [0.15, 0.2) is 5.76 Å². The molecule has 8 heteroatoms. The Balaban J connectivity index is 1.55. The molecule has 8 nitrogen and oxygen atoms in total. The third-order valence-corrected chi connectivity index (χ3v) is 5.79. The Bertz CT molecular complexity index is 1310. The van der Waals surface area contributed by atoms with Crippen LogP contribution in [-0.2, 0) is 17.6 Å². The molecule has 1 unspecified atom stereocenters. The van der Waals surface area contributed by atoms with Gasteiger partial charge in [0.05, 0.1) is 17.9 Å². The van der Waals surface area contributed by atoms with E-state index < -0.39 is 0 Å². The number of fused-ring (bicyclic) bond motifs is 1. The van der Waals surface area contributed by atoms with Crippen molar-refractivity contribution in [1.82, 2.24) is 19.7 Å². The van der Waals surface area contributed by atoms with Crippen LogP contribution in [-0.4, -0.2) is 25.7 Å². The fourth-order valence-corrected chi connectivity index (χ4v) is 4.18. The molecule has 0 bridgehead atoms. The van der Waals surface area contributed by atoms with Crippen LogP contribution in [0, 0.1) is 0 Å². The van der Waals surface area contributed by atoms with Crippen molar-refractivity contribution < 1.29 is 9.21 Å². The van der Waals surface area contributed by atoms with Gasteiger partial charge in [0, 0.05) is 11.6 Å². The zero-order chi connectivity index (χ0) is 22.1. The van der Waals surface area contributed by atoms with Crippen LogP contribution in [0.15, 0.2) is 64.0 Å². The summed E-state index contributed by atoms with van der Waals surface area (Å²) < 4.78 is 6.95. The van der Waals surface area contributed by atoms with Crippen molar-refractivity contribution >= 4 is 11.7 Å². The minimum atomic E-state index is -0.321. The Hall–Kier alpha value is -3.94. The smallest absolute Gasteiger partial charge is 0.255 e. The summed E-state index contributed by atoms with van der Waals surface area (Å²) >= 11 is 0. The van der Waals surface area contributed by atoms with Gasteiger partial charge in [-0.2, -0.15) is 9.78 Å². The van der Waals surface area contributed by atoms with Gasteiger partial charge < -0.3 is 9.73 Å². The molecule has 1 atom stereocenters. The third kappa shape index (κ3) is 3.64. The van der Waals surface area contributed by atoms with Crippen LogP contribution in [0.3, 0.4) is 0 Å². The van der Waals surface area contributed by atoms with Gasteiger partial charge in [0.2, 0.25) is 11.9 Å². The molecule has 0 saturated heterocycles. The second-order valence-electron chi connectivity index (χ2n) is 7.83. The first-order valence-corrected chi connectivity index (χ1v) is 10.8. The molecular weight excluding hydrogens is 406 g/mol. The Labute approximate surface area is 184 Å². The number of hydrogen-bond acceptors (Lipinski definition) is 5. The van der Waals surface area contributed by atoms with E-state index in [2.05, 4.69) is 20.4 Å². The topological polar surface area (TPSA) is 106 Å². The standard InChI is InChI=1S/C24H23N5O3/c1-2-16(15-8-4-3-5-9-15)22(30)26-21-14-19(20-12-7-13-32-20)28-29(21)24-25-18-11-6-10-17(18)23(31)27-24/h3-5,7-9,12-14,16H,2,6,10-11H2,1H3,(H,26,30)(H,25,27,31). The molecule has 1 amide bonds. The molecule has 1 aliphatic rings. The van der Waals surface area contributed by atoms with E-state index in [1.54, 1.807) is 24.5 Å². The van der Waals surface area contributed by atoms with Gasteiger partial charge in [-0.1, -0.05) is 37.3 Å². The Morgan fingerprint density at radius 1 is 1.22 bits per heavy atom. The molecule has 0 saturated carbocycles. The second kappa shape index (κ2) is 8.30. The van der Waals surface area contributed by atoms with Crippen molar-refractivity contribution in [3.05, 3.63) is 82.0 Å². The summed E-state index contributed by atoms with van der Waals surface area (Å²) in [6.07, 6.45) is 4.60. The highest BCUT2D eigenvalue weighted by Crippen LogP contribution is 2.27. The number of nitrogens with one attached hydrogen (secondary N) is 2. The number of rotatable bonds is 6. The molecule has 4 aromatic rings. The van der Waals surface area contributed by atoms with Crippen molar-refractivity contribution in [3.8, 4) is 17.4 Å². The predicted octanol–water partition coefficient (Wildman–Crippen LogP) is 3.84. The first-order chi connectivity index (χ1) is 15.6. The molecule has 0 fully saturated rings. The van der Waals surface area contributed by atoms with E-state index in [0.717, 1.165) is 36.1 Å². The average molecular weight is 429 g/mol. The van der Waals surface area contributed by atoms with Gasteiger partial charge in [-0.3, -0.25) is 14.6 Å². The minimum Gasteiger partial charge on any atom is -0.463 e. The molecule has 0 aliphatic heterocycles. The monoisotopic (exact) mass is 429 g/mol. The van der Waals surface area contributed by atoms with E-state index >= 15 is 0 Å². The molecule has 5 rings (SSSR count). The number of anilines is 1. The summed E-state index contributed by atoms with van der Waals surface area (Å²) in [6, 6.07) is 14.9. The van der Waals surface area contributed by atoms with Crippen molar-refractivity contribution in [2.45, 2.75) is 38.5 Å². The van der Waals surface area contributed by atoms with E-state index in [1.807, 2.05) is 37.3 Å². The van der Waals surface area contributed by atoms with Gasteiger partial charge in [-0.25, -0.2) is 4.98 Å². The number of aromatic amines is 1. The van der Waals surface area contributed by atoms with Crippen LogP contribution in [0.2, 0.25) is 0 Å². The van der Waals surface area contributed by atoms with Crippen LogP contribution < -0.4 is 10.9 Å². The Kier molecular flexibility index (Phi) is 5.18. The third-order valence-electron chi connectivity index (χ3n) is 5.79. The van der Waals surface area contributed by atoms with Crippen molar-refractivity contribution in [2.24, 2.45) is 0 Å². The van der Waals surface area contributed by atoms with Gasteiger partial charge in [-0.15, -0.1) is 0 Å². The summed E-state index contributed by atoms with van der Waals surface area (Å²) in [5, 5.41) is 7.56. The Morgan fingerprint density at radius 3 is 2.81 bits per heavy atom.